The Morgan fingerprint density at radius 1 is 1.14 bits per heavy atom. The maximum absolute atomic E-state index is 12.5. The summed E-state index contributed by atoms with van der Waals surface area (Å²) in [5.74, 6) is 1.58. The molecule has 0 radical (unpaired) electrons. The highest BCUT2D eigenvalue weighted by Gasteiger charge is 2.34. The van der Waals surface area contributed by atoms with E-state index in [-0.39, 0.29) is 11.8 Å². The molecule has 1 aromatic heterocycles. The first-order valence-electron chi connectivity index (χ1n) is 9.89. The molecule has 0 bridgehead atoms. The third-order valence-corrected chi connectivity index (χ3v) is 5.49. The summed E-state index contributed by atoms with van der Waals surface area (Å²) in [5.41, 5.74) is 3.43. The Balaban J connectivity index is 1.43. The number of aryl methyl sites for hydroxylation is 1. The number of rotatable bonds is 6. The fourth-order valence-electron chi connectivity index (χ4n) is 3.74. The second kappa shape index (κ2) is 7.97. The number of hydrogen-bond donors (Lipinski definition) is 0. The standard InChI is InChI=1S/C23H25N3O2/c1-3-17-9-11-19(12-10-17)23-24-22(25-28-23)20-13-21(27)26(15-20)14-16(2)18-7-5-4-6-8-18/h4-12,16,20H,3,13-15H2,1-2H3. The molecule has 144 valence electrons. The van der Waals surface area contributed by atoms with Crippen molar-refractivity contribution in [2.24, 2.45) is 0 Å². The molecule has 5 nitrogen and oxygen atoms in total. The predicted octanol–water partition coefficient (Wildman–Crippen LogP) is 4.42. The molecular formula is C23H25N3O2. The van der Waals surface area contributed by atoms with E-state index in [1.54, 1.807) is 0 Å². The Morgan fingerprint density at radius 3 is 2.61 bits per heavy atom. The van der Waals surface area contributed by atoms with Gasteiger partial charge >= 0.3 is 0 Å². The maximum Gasteiger partial charge on any atom is 0.257 e. The summed E-state index contributed by atoms with van der Waals surface area (Å²) in [6, 6.07) is 18.5. The van der Waals surface area contributed by atoms with Crippen LogP contribution in [-0.2, 0) is 11.2 Å². The number of likely N-dealkylation sites (tertiary alicyclic amines) is 1. The van der Waals surface area contributed by atoms with E-state index in [0.29, 0.717) is 37.1 Å². The van der Waals surface area contributed by atoms with Crippen LogP contribution in [0.1, 0.15) is 49.1 Å². The highest BCUT2D eigenvalue weighted by atomic mass is 16.5. The number of hydrogen-bond acceptors (Lipinski definition) is 4. The molecule has 1 aliphatic rings. The zero-order chi connectivity index (χ0) is 19.5. The lowest BCUT2D eigenvalue weighted by Gasteiger charge is -2.21. The van der Waals surface area contributed by atoms with E-state index < -0.39 is 0 Å². The molecule has 5 heteroatoms. The van der Waals surface area contributed by atoms with Gasteiger partial charge in [-0.15, -0.1) is 0 Å². The lowest BCUT2D eigenvalue weighted by atomic mass is 10.0. The van der Waals surface area contributed by atoms with E-state index >= 15 is 0 Å². The van der Waals surface area contributed by atoms with Crippen LogP contribution in [0.4, 0.5) is 0 Å². The molecule has 1 amide bonds. The molecule has 0 aliphatic carbocycles. The van der Waals surface area contributed by atoms with Gasteiger partial charge in [-0.3, -0.25) is 4.79 Å². The number of benzene rings is 2. The van der Waals surface area contributed by atoms with Gasteiger partial charge in [0.2, 0.25) is 5.91 Å². The second-order valence-electron chi connectivity index (χ2n) is 7.52. The van der Waals surface area contributed by atoms with Crippen LogP contribution in [0.15, 0.2) is 59.1 Å². The highest BCUT2D eigenvalue weighted by Crippen LogP contribution is 2.30. The van der Waals surface area contributed by atoms with Gasteiger partial charge in [-0.2, -0.15) is 4.98 Å². The van der Waals surface area contributed by atoms with E-state index in [2.05, 4.69) is 48.3 Å². The van der Waals surface area contributed by atoms with Gasteiger partial charge in [-0.25, -0.2) is 0 Å². The van der Waals surface area contributed by atoms with Crippen molar-refractivity contribution >= 4 is 5.91 Å². The molecule has 2 aromatic carbocycles. The van der Waals surface area contributed by atoms with Crippen molar-refractivity contribution in [3.63, 3.8) is 0 Å². The van der Waals surface area contributed by atoms with Crippen LogP contribution < -0.4 is 0 Å². The Bertz CT molecular complexity index is 934. The summed E-state index contributed by atoms with van der Waals surface area (Å²) in [4.78, 5) is 19.0. The first-order valence-corrected chi connectivity index (χ1v) is 9.89. The monoisotopic (exact) mass is 375 g/mol. The average Bonchev–Trinajstić information content (AvgIpc) is 3.36. The Hall–Kier alpha value is -2.95. The minimum Gasteiger partial charge on any atom is -0.341 e. The summed E-state index contributed by atoms with van der Waals surface area (Å²) in [7, 11) is 0. The lowest BCUT2D eigenvalue weighted by molar-refractivity contribution is -0.127. The van der Waals surface area contributed by atoms with Crippen molar-refractivity contribution in [1.82, 2.24) is 15.0 Å². The van der Waals surface area contributed by atoms with Gasteiger partial charge in [-0.05, 0) is 35.6 Å². The largest absolute Gasteiger partial charge is 0.341 e. The Morgan fingerprint density at radius 2 is 1.89 bits per heavy atom. The van der Waals surface area contributed by atoms with Crippen LogP contribution >= 0.6 is 0 Å². The van der Waals surface area contributed by atoms with Gasteiger partial charge in [0.25, 0.3) is 5.89 Å². The van der Waals surface area contributed by atoms with Crippen molar-refractivity contribution in [2.75, 3.05) is 13.1 Å². The van der Waals surface area contributed by atoms with Crippen molar-refractivity contribution in [3.05, 3.63) is 71.5 Å². The minimum atomic E-state index is -0.0112. The van der Waals surface area contributed by atoms with Gasteiger partial charge in [0.1, 0.15) is 0 Å². The minimum absolute atomic E-state index is 0.0112. The van der Waals surface area contributed by atoms with Crippen LogP contribution in [0, 0.1) is 0 Å². The molecule has 2 heterocycles. The maximum atomic E-state index is 12.5. The van der Waals surface area contributed by atoms with E-state index in [1.165, 1.54) is 11.1 Å². The number of carbonyl (C=O) groups excluding carboxylic acids is 1. The fraction of sp³-hybridized carbons (Fsp3) is 0.348. The predicted molar refractivity (Wildman–Crippen MR) is 108 cm³/mol. The molecule has 3 aromatic rings. The number of amides is 1. The third kappa shape index (κ3) is 3.84. The molecule has 0 spiro atoms. The van der Waals surface area contributed by atoms with Gasteiger partial charge in [0.05, 0.1) is 0 Å². The van der Waals surface area contributed by atoms with Crippen molar-refractivity contribution < 1.29 is 9.32 Å². The molecule has 28 heavy (non-hydrogen) atoms. The van der Waals surface area contributed by atoms with Crippen molar-refractivity contribution in [2.45, 2.75) is 38.5 Å². The van der Waals surface area contributed by atoms with E-state index in [0.717, 1.165) is 12.0 Å². The van der Waals surface area contributed by atoms with Crippen LogP contribution in [0.5, 0.6) is 0 Å². The molecule has 2 atom stereocenters. The molecule has 0 N–H and O–H groups in total. The molecule has 0 saturated carbocycles. The summed E-state index contributed by atoms with van der Waals surface area (Å²) >= 11 is 0. The van der Waals surface area contributed by atoms with Gasteiger partial charge in [-0.1, -0.05) is 61.5 Å². The molecule has 1 saturated heterocycles. The second-order valence-corrected chi connectivity index (χ2v) is 7.52. The topological polar surface area (TPSA) is 59.2 Å². The smallest absolute Gasteiger partial charge is 0.257 e. The summed E-state index contributed by atoms with van der Waals surface area (Å²) < 4.78 is 5.47. The zero-order valence-corrected chi connectivity index (χ0v) is 16.3. The van der Waals surface area contributed by atoms with Crippen LogP contribution in [0.3, 0.4) is 0 Å². The molecule has 2 unspecified atom stereocenters. The van der Waals surface area contributed by atoms with E-state index in [9.17, 15) is 4.79 Å². The van der Waals surface area contributed by atoms with Crippen LogP contribution in [0.25, 0.3) is 11.5 Å². The van der Waals surface area contributed by atoms with E-state index in [4.69, 9.17) is 4.52 Å². The highest BCUT2D eigenvalue weighted by molar-refractivity contribution is 5.79. The van der Waals surface area contributed by atoms with Crippen LogP contribution in [-0.4, -0.2) is 34.0 Å². The summed E-state index contributed by atoms with van der Waals surface area (Å²) in [6.07, 6.45) is 1.44. The fourth-order valence-corrected chi connectivity index (χ4v) is 3.74. The van der Waals surface area contributed by atoms with Gasteiger partial charge < -0.3 is 9.42 Å². The number of carbonyl (C=O) groups is 1. The van der Waals surface area contributed by atoms with Crippen molar-refractivity contribution in [3.8, 4) is 11.5 Å². The Kier molecular flexibility index (Phi) is 5.24. The SMILES string of the molecule is CCc1ccc(-c2nc(C3CC(=O)N(CC(C)c4ccccc4)C3)no2)cc1. The quantitative estimate of drug-likeness (QED) is 0.640. The van der Waals surface area contributed by atoms with E-state index in [1.807, 2.05) is 35.2 Å². The summed E-state index contributed by atoms with van der Waals surface area (Å²) in [5, 5.41) is 4.16. The number of aromatic nitrogens is 2. The zero-order valence-electron chi connectivity index (χ0n) is 16.3. The molecule has 1 aliphatic heterocycles. The lowest BCUT2D eigenvalue weighted by Crippen LogP contribution is -2.29. The van der Waals surface area contributed by atoms with Gasteiger partial charge in [0, 0.05) is 31.0 Å². The van der Waals surface area contributed by atoms with Crippen LogP contribution in [0.2, 0.25) is 0 Å². The number of nitrogens with zero attached hydrogens (tertiary/aromatic N) is 3. The normalized spacial score (nSPS) is 17.9. The van der Waals surface area contributed by atoms with Crippen molar-refractivity contribution in [1.29, 1.82) is 0 Å². The molecule has 4 rings (SSSR count). The molecular weight excluding hydrogens is 350 g/mol. The third-order valence-electron chi connectivity index (χ3n) is 5.49. The average molecular weight is 375 g/mol. The Labute approximate surface area is 165 Å². The molecule has 1 fully saturated rings. The summed E-state index contributed by atoms with van der Waals surface area (Å²) in [6.45, 7) is 5.63. The first-order chi connectivity index (χ1) is 13.6. The first kappa shape index (κ1) is 18.4. The van der Waals surface area contributed by atoms with Gasteiger partial charge in [0.15, 0.2) is 5.82 Å².